The predicted octanol–water partition coefficient (Wildman–Crippen LogP) is 3.06. The molecule has 1 heterocycles. The van der Waals surface area contributed by atoms with Gasteiger partial charge in [0, 0.05) is 43.3 Å². The number of aromatic nitrogens is 1. The Labute approximate surface area is 112 Å². The number of anilines is 1. The van der Waals surface area contributed by atoms with Crippen molar-refractivity contribution in [2.24, 2.45) is 5.92 Å². The lowest BCUT2D eigenvalue weighted by molar-refractivity contribution is 0.485. The van der Waals surface area contributed by atoms with Crippen LogP contribution in [0.3, 0.4) is 0 Å². The van der Waals surface area contributed by atoms with Crippen LogP contribution in [0, 0.1) is 5.92 Å². The average molecular weight is 249 g/mol. The quantitative estimate of drug-likeness (QED) is 0.767. The molecule has 0 aliphatic carbocycles. The van der Waals surface area contributed by atoms with Crippen molar-refractivity contribution in [3.63, 3.8) is 0 Å². The molecule has 0 radical (unpaired) electrons. The second-order valence-electron chi connectivity index (χ2n) is 4.76. The molecule has 18 heavy (non-hydrogen) atoms. The molecule has 0 amide bonds. The Morgan fingerprint density at radius 1 is 1.28 bits per heavy atom. The van der Waals surface area contributed by atoms with Crippen LogP contribution in [0.15, 0.2) is 18.5 Å². The van der Waals surface area contributed by atoms with Gasteiger partial charge in [-0.05, 0) is 26.0 Å². The minimum Gasteiger partial charge on any atom is -0.371 e. The number of hydrogen-bond acceptors (Lipinski definition) is 3. The van der Waals surface area contributed by atoms with Crippen LogP contribution in [0.2, 0.25) is 0 Å². The predicted molar refractivity (Wildman–Crippen MR) is 79.0 cm³/mol. The van der Waals surface area contributed by atoms with E-state index in [0.717, 1.165) is 25.6 Å². The maximum Gasteiger partial charge on any atom is 0.0442 e. The van der Waals surface area contributed by atoms with Gasteiger partial charge in [0.1, 0.15) is 0 Å². The first-order valence-electron chi connectivity index (χ1n) is 7.09. The minimum atomic E-state index is 0.778. The maximum atomic E-state index is 4.23. The van der Waals surface area contributed by atoms with Crippen molar-refractivity contribution in [1.29, 1.82) is 0 Å². The van der Waals surface area contributed by atoms with E-state index in [1.54, 1.807) is 0 Å². The largest absolute Gasteiger partial charge is 0.371 e. The van der Waals surface area contributed by atoms with Gasteiger partial charge in [0.2, 0.25) is 0 Å². The van der Waals surface area contributed by atoms with E-state index in [2.05, 4.69) is 42.0 Å². The monoisotopic (exact) mass is 249 g/mol. The molecule has 0 fully saturated rings. The van der Waals surface area contributed by atoms with Crippen LogP contribution in [0.1, 0.15) is 39.2 Å². The standard InChI is InChI=1S/C15H27N3/c1-5-13(6-2)12-18(7-3)15-8-9-17-11-14(15)10-16-4/h8-9,11,13,16H,5-7,10,12H2,1-4H3. The molecule has 0 atom stereocenters. The van der Waals surface area contributed by atoms with Crippen LogP contribution in [0.5, 0.6) is 0 Å². The van der Waals surface area contributed by atoms with Crippen LogP contribution in [0.25, 0.3) is 0 Å². The number of pyridine rings is 1. The lowest BCUT2D eigenvalue weighted by Crippen LogP contribution is -2.30. The zero-order valence-electron chi connectivity index (χ0n) is 12.2. The summed E-state index contributed by atoms with van der Waals surface area (Å²) in [6.45, 7) is 9.86. The topological polar surface area (TPSA) is 28.2 Å². The summed E-state index contributed by atoms with van der Waals surface area (Å²) in [5.74, 6) is 0.778. The maximum absolute atomic E-state index is 4.23. The zero-order valence-corrected chi connectivity index (χ0v) is 12.2. The molecule has 0 saturated carbocycles. The van der Waals surface area contributed by atoms with Gasteiger partial charge in [-0.15, -0.1) is 0 Å². The number of nitrogens with zero attached hydrogens (tertiary/aromatic N) is 2. The molecule has 1 aromatic heterocycles. The van der Waals surface area contributed by atoms with Crippen LogP contribution >= 0.6 is 0 Å². The molecule has 3 heteroatoms. The molecule has 3 nitrogen and oxygen atoms in total. The van der Waals surface area contributed by atoms with Crippen molar-refractivity contribution in [3.8, 4) is 0 Å². The Bertz CT molecular complexity index is 334. The van der Waals surface area contributed by atoms with Crippen molar-refractivity contribution < 1.29 is 0 Å². The molecular weight excluding hydrogens is 222 g/mol. The lowest BCUT2D eigenvalue weighted by atomic mass is 10.0. The van der Waals surface area contributed by atoms with Gasteiger partial charge in [0.05, 0.1) is 0 Å². The Balaban J connectivity index is 2.86. The summed E-state index contributed by atoms with van der Waals surface area (Å²) in [6.07, 6.45) is 6.37. The van der Waals surface area contributed by atoms with Crippen molar-refractivity contribution in [2.75, 3.05) is 25.0 Å². The lowest BCUT2D eigenvalue weighted by Gasteiger charge is -2.29. The van der Waals surface area contributed by atoms with Crippen molar-refractivity contribution in [2.45, 2.75) is 40.2 Å². The van der Waals surface area contributed by atoms with Gasteiger partial charge in [-0.25, -0.2) is 0 Å². The molecule has 1 rings (SSSR count). The van der Waals surface area contributed by atoms with Crippen molar-refractivity contribution in [3.05, 3.63) is 24.0 Å². The Kier molecular flexibility index (Phi) is 6.73. The molecule has 1 aromatic rings. The van der Waals surface area contributed by atoms with Crippen molar-refractivity contribution >= 4 is 5.69 Å². The summed E-state index contributed by atoms with van der Waals surface area (Å²) in [5.41, 5.74) is 2.61. The fraction of sp³-hybridized carbons (Fsp3) is 0.667. The third kappa shape index (κ3) is 3.98. The van der Waals surface area contributed by atoms with Gasteiger partial charge in [-0.3, -0.25) is 4.98 Å². The molecule has 0 saturated heterocycles. The van der Waals surface area contributed by atoms with E-state index >= 15 is 0 Å². The summed E-state index contributed by atoms with van der Waals surface area (Å²) < 4.78 is 0. The van der Waals surface area contributed by atoms with E-state index in [4.69, 9.17) is 0 Å². The van der Waals surface area contributed by atoms with Gasteiger partial charge in [0.15, 0.2) is 0 Å². The second kappa shape index (κ2) is 8.09. The van der Waals surface area contributed by atoms with Gasteiger partial charge >= 0.3 is 0 Å². The smallest absolute Gasteiger partial charge is 0.0442 e. The highest BCUT2D eigenvalue weighted by Crippen LogP contribution is 2.22. The van der Waals surface area contributed by atoms with Crippen LogP contribution in [-0.2, 0) is 6.54 Å². The SMILES string of the molecule is CCC(CC)CN(CC)c1ccncc1CNC. The molecular formula is C15H27N3. The van der Waals surface area contributed by atoms with Gasteiger partial charge in [-0.1, -0.05) is 26.7 Å². The summed E-state index contributed by atoms with van der Waals surface area (Å²) >= 11 is 0. The van der Waals surface area contributed by atoms with E-state index < -0.39 is 0 Å². The number of hydrogen-bond donors (Lipinski definition) is 1. The van der Waals surface area contributed by atoms with E-state index in [9.17, 15) is 0 Å². The van der Waals surface area contributed by atoms with E-state index in [1.807, 2.05) is 19.4 Å². The molecule has 0 aromatic carbocycles. The first-order valence-corrected chi connectivity index (χ1v) is 7.09. The van der Waals surface area contributed by atoms with Crippen molar-refractivity contribution in [1.82, 2.24) is 10.3 Å². The minimum absolute atomic E-state index is 0.778. The first kappa shape index (κ1) is 15.0. The van der Waals surface area contributed by atoms with E-state index in [1.165, 1.54) is 24.1 Å². The van der Waals surface area contributed by atoms with E-state index in [-0.39, 0.29) is 0 Å². The highest BCUT2D eigenvalue weighted by Gasteiger charge is 2.13. The average Bonchev–Trinajstić information content (AvgIpc) is 2.42. The number of rotatable bonds is 8. The zero-order chi connectivity index (χ0) is 13.4. The molecule has 0 unspecified atom stereocenters. The fourth-order valence-electron chi connectivity index (χ4n) is 2.31. The molecule has 0 aliphatic heterocycles. The van der Waals surface area contributed by atoms with Gasteiger partial charge < -0.3 is 10.2 Å². The third-order valence-corrected chi connectivity index (χ3v) is 3.60. The van der Waals surface area contributed by atoms with E-state index in [0.29, 0.717) is 0 Å². The summed E-state index contributed by atoms with van der Waals surface area (Å²) in [6, 6.07) is 2.14. The highest BCUT2D eigenvalue weighted by molar-refractivity contribution is 5.52. The fourth-order valence-corrected chi connectivity index (χ4v) is 2.31. The molecule has 0 spiro atoms. The van der Waals surface area contributed by atoms with Crippen LogP contribution in [-0.4, -0.2) is 25.1 Å². The van der Waals surface area contributed by atoms with Gasteiger partial charge in [-0.2, -0.15) is 0 Å². The Morgan fingerprint density at radius 2 is 2.00 bits per heavy atom. The normalized spacial score (nSPS) is 10.9. The molecule has 102 valence electrons. The molecule has 0 aliphatic rings. The van der Waals surface area contributed by atoms with Crippen LogP contribution in [0.4, 0.5) is 5.69 Å². The van der Waals surface area contributed by atoms with Crippen LogP contribution < -0.4 is 10.2 Å². The Morgan fingerprint density at radius 3 is 2.56 bits per heavy atom. The summed E-state index contributed by atoms with van der Waals surface area (Å²) in [4.78, 5) is 6.71. The van der Waals surface area contributed by atoms with Gasteiger partial charge in [0.25, 0.3) is 0 Å². The molecule has 0 bridgehead atoms. The second-order valence-corrected chi connectivity index (χ2v) is 4.76. The summed E-state index contributed by atoms with van der Waals surface area (Å²) in [7, 11) is 1.98. The summed E-state index contributed by atoms with van der Waals surface area (Å²) in [5, 5.41) is 3.22. The first-order chi connectivity index (χ1) is 8.76. The highest BCUT2D eigenvalue weighted by atomic mass is 15.1. The molecule has 1 N–H and O–H groups in total. The Hall–Kier alpha value is -1.09. The third-order valence-electron chi connectivity index (χ3n) is 3.60. The number of nitrogens with one attached hydrogen (secondary N) is 1.